The minimum atomic E-state index is 0.209. The fourth-order valence-electron chi connectivity index (χ4n) is 1.22. The van der Waals surface area contributed by atoms with Crippen molar-refractivity contribution in [2.75, 3.05) is 26.7 Å². The highest BCUT2D eigenvalue weighted by molar-refractivity contribution is 5.20. The zero-order chi connectivity index (χ0) is 9.84. The van der Waals surface area contributed by atoms with Crippen molar-refractivity contribution in [1.82, 2.24) is 9.91 Å². The summed E-state index contributed by atoms with van der Waals surface area (Å²) in [6.45, 7) is 5.88. The number of hydrogen-bond donors (Lipinski definition) is 1. The maximum absolute atomic E-state index is 10.1. The predicted molar refractivity (Wildman–Crippen MR) is 51.4 cm³/mol. The summed E-state index contributed by atoms with van der Waals surface area (Å²) in [5.41, 5.74) is 1.08. The Balaban J connectivity index is 2.70. The SMILES string of the molecule is C=C(/C=C1/CN(C)CCN1N)N=O. The number of rotatable bonds is 2. The lowest BCUT2D eigenvalue weighted by atomic mass is 10.2. The van der Waals surface area contributed by atoms with E-state index >= 15 is 0 Å². The Labute approximate surface area is 77.4 Å². The fourth-order valence-corrected chi connectivity index (χ4v) is 1.22. The molecule has 13 heavy (non-hydrogen) atoms. The molecule has 0 bridgehead atoms. The van der Waals surface area contributed by atoms with Crippen LogP contribution in [-0.4, -0.2) is 36.6 Å². The summed E-state index contributed by atoms with van der Waals surface area (Å²) in [5.74, 6) is 5.70. The highest BCUT2D eigenvalue weighted by Crippen LogP contribution is 2.10. The van der Waals surface area contributed by atoms with Gasteiger partial charge in [-0.05, 0) is 18.3 Å². The zero-order valence-electron chi connectivity index (χ0n) is 7.73. The quantitative estimate of drug-likeness (QED) is 0.492. The first-order chi connectivity index (χ1) is 6.13. The molecular formula is C8H14N4O. The van der Waals surface area contributed by atoms with E-state index in [9.17, 15) is 4.91 Å². The number of nitroso groups, excluding NO2 is 1. The molecule has 1 heterocycles. The number of nitrogens with two attached hydrogens (primary N) is 1. The topological polar surface area (TPSA) is 61.9 Å². The highest BCUT2D eigenvalue weighted by atomic mass is 16.3. The minimum Gasteiger partial charge on any atom is -0.312 e. The van der Waals surface area contributed by atoms with Gasteiger partial charge in [0, 0.05) is 25.3 Å². The largest absolute Gasteiger partial charge is 0.312 e. The number of allylic oxidation sites excluding steroid dienone is 1. The molecule has 0 unspecified atom stereocenters. The van der Waals surface area contributed by atoms with Crippen LogP contribution >= 0.6 is 0 Å². The second kappa shape index (κ2) is 4.15. The van der Waals surface area contributed by atoms with E-state index < -0.39 is 0 Å². The Bertz CT molecular complexity index is 249. The smallest absolute Gasteiger partial charge is 0.102 e. The molecule has 0 spiro atoms. The van der Waals surface area contributed by atoms with Gasteiger partial charge in [0.25, 0.3) is 0 Å². The van der Waals surface area contributed by atoms with E-state index in [4.69, 9.17) is 5.84 Å². The third-order valence-electron chi connectivity index (χ3n) is 1.97. The van der Waals surface area contributed by atoms with Crippen LogP contribution in [0, 0.1) is 4.91 Å². The minimum absolute atomic E-state index is 0.209. The molecule has 1 aliphatic rings. The Morgan fingerprint density at radius 3 is 3.00 bits per heavy atom. The lowest BCUT2D eigenvalue weighted by molar-refractivity contribution is 0.206. The summed E-state index contributed by atoms with van der Waals surface area (Å²) < 4.78 is 0. The van der Waals surface area contributed by atoms with Crippen molar-refractivity contribution in [2.24, 2.45) is 11.0 Å². The van der Waals surface area contributed by atoms with E-state index in [0.29, 0.717) is 0 Å². The van der Waals surface area contributed by atoms with Gasteiger partial charge in [0.2, 0.25) is 0 Å². The molecule has 5 heteroatoms. The lowest BCUT2D eigenvalue weighted by Gasteiger charge is -2.32. The lowest BCUT2D eigenvalue weighted by Crippen LogP contribution is -2.46. The average molecular weight is 182 g/mol. The van der Waals surface area contributed by atoms with E-state index in [1.807, 2.05) is 7.05 Å². The van der Waals surface area contributed by atoms with Gasteiger partial charge < -0.3 is 5.01 Å². The molecule has 1 aliphatic heterocycles. The van der Waals surface area contributed by atoms with Gasteiger partial charge in [-0.2, -0.15) is 0 Å². The number of piperazine rings is 1. The van der Waals surface area contributed by atoms with Crippen LogP contribution in [0.3, 0.4) is 0 Å². The molecule has 0 radical (unpaired) electrons. The Morgan fingerprint density at radius 1 is 1.69 bits per heavy atom. The van der Waals surface area contributed by atoms with Crippen LogP contribution < -0.4 is 5.84 Å². The van der Waals surface area contributed by atoms with Crippen LogP contribution in [0.2, 0.25) is 0 Å². The summed E-state index contributed by atoms with van der Waals surface area (Å²) in [4.78, 5) is 12.2. The van der Waals surface area contributed by atoms with Crippen LogP contribution in [-0.2, 0) is 0 Å². The number of hydrazine groups is 1. The van der Waals surface area contributed by atoms with Crippen molar-refractivity contribution in [3.63, 3.8) is 0 Å². The normalized spacial score (nSPS) is 22.0. The molecular weight excluding hydrogens is 168 g/mol. The molecule has 0 aromatic rings. The van der Waals surface area contributed by atoms with E-state index in [-0.39, 0.29) is 5.70 Å². The molecule has 0 aliphatic carbocycles. The summed E-state index contributed by atoms with van der Waals surface area (Å²) in [7, 11) is 2.00. The molecule has 72 valence electrons. The van der Waals surface area contributed by atoms with Crippen molar-refractivity contribution >= 4 is 0 Å². The fraction of sp³-hybridized carbons (Fsp3) is 0.500. The van der Waals surface area contributed by atoms with Crippen LogP contribution in [0.4, 0.5) is 0 Å². The summed E-state index contributed by atoms with van der Waals surface area (Å²) >= 11 is 0. The van der Waals surface area contributed by atoms with Crippen LogP contribution in [0.5, 0.6) is 0 Å². The highest BCUT2D eigenvalue weighted by Gasteiger charge is 2.15. The third kappa shape index (κ3) is 2.64. The number of nitrogens with zero attached hydrogens (tertiary/aromatic N) is 3. The third-order valence-corrected chi connectivity index (χ3v) is 1.97. The maximum Gasteiger partial charge on any atom is 0.102 e. The Hall–Kier alpha value is -1.20. The standard InChI is InChI=1S/C8H14N4O/c1-7(10-13)5-8-6-11(2)3-4-12(8)9/h5H,1,3-4,6,9H2,2H3/b8-5-. The van der Waals surface area contributed by atoms with Gasteiger partial charge in [-0.1, -0.05) is 6.58 Å². The Kier molecular flexibility index (Phi) is 3.16. The number of likely N-dealkylation sites (N-methyl/N-ethyl adjacent to an activating group) is 1. The first kappa shape index (κ1) is 9.88. The first-order valence-corrected chi connectivity index (χ1v) is 4.07. The van der Waals surface area contributed by atoms with E-state index in [1.165, 1.54) is 0 Å². The molecule has 0 saturated carbocycles. The second-order valence-corrected chi connectivity index (χ2v) is 3.15. The van der Waals surface area contributed by atoms with Crippen molar-refractivity contribution in [1.29, 1.82) is 0 Å². The molecule has 5 nitrogen and oxygen atoms in total. The van der Waals surface area contributed by atoms with E-state index in [2.05, 4.69) is 16.7 Å². The van der Waals surface area contributed by atoms with Crippen molar-refractivity contribution in [3.8, 4) is 0 Å². The molecule has 0 amide bonds. The van der Waals surface area contributed by atoms with E-state index in [1.54, 1.807) is 11.1 Å². The predicted octanol–water partition coefficient (Wildman–Crippen LogP) is 0.272. The van der Waals surface area contributed by atoms with Gasteiger partial charge in [-0.25, -0.2) is 5.84 Å². The summed E-state index contributed by atoms with van der Waals surface area (Å²) in [5, 5.41) is 4.34. The molecule has 0 aromatic carbocycles. The molecule has 1 fully saturated rings. The molecule has 0 atom stereocenters. The summed E-state index contributed by atoms with van der Waals surface area (Å²) in [6, 6.07) is 0. The molecule has 1 rings (SSSR count). The van der Waals surface area contributed by atoms with Gasteiger partial charge in [-0.3, -0.25) is 4.90 Å². The number of hydrogen-bond acceptors (Lipinski definition) is 5. The maximum atomic E-state index is 10.1. The average Bonchev–Trinajstić information content (AvgIpc) is 2.11. The van der Waals surface area contributed by atoms with Crippen molar-refractivity contribution in [3.05, 3.63) is 29.0 Å². The van der Waals surface area contributed by atoms with E-state index in [0.717, 1.165) is 25.3 Å². The van der Waals surface area contributed by atoms with Crippen LogP contribution in [0.25, 0.3) is 0 Å². The van der Waals surface area contributed by atoms with Crippen LogP contribution in [0.1, 0.15) is 0 Å². The molecule has 2 N–H and O–H groups in total. The van der Waals surface area contributed by atoms with Crippen molar-refractivity contribution in [2.45, 2.75) is 0 Å². The molecule has 1 saturated heterocycles. The first-order valence-electron chi connectivity index (χ1n) is 4.07. The second-order valence-electron chi connectivity index (χ2n) is 3.15. The van der Waals surface area contributed by atoms with Gasteiger partial charge in [0.15, 0.2) is 0 Å². The van der Waals surface area contributed by atoms with Crippen molar-refractivity contribution < 1.29 is 0 Å². The monoisotopic (exact) mass is 182 g/mol. The van der Waals surface area contributed by atoms with Gasteiger partial charge in [-0.15, -0.1) is 4.91 Å². The summed E-state index contributed by atoms with van der Waals surface area (Å²) in [6.07, 6.45) is 1.61. The van der Waals surface area contributed by atoms with Gasteiger partial charge in [0.05, 0.1) is 0 Å². The van der Waals surface area contributed by atoms with Gasteiger partial charge >= 0.3 is 0 Å². The van der Waals surface area contributed by atoms with Gasteiger partial charge in [0.1, 0.15) is 5.70 Å². The Morgan fingerprint density at radius 2 is 2.38 bits per heavy atom. The van der Waals surface area contributed by atoms with Crippen LogP contribution in [0.15, 0.2) is 29.2 Å². The molecule has 0 aromatic heterocycles. The zero-order valence-corrected chi connectivity index (χ0v) is 7.73.